The molecule has 25 heavy (non-hydrogen) atoms. The summed E-state index contributed by atoms with van der Waals surface area (Å²) in [6.45, 7) is 2.26. The van der Waals surface area contributed by atoms with Crippen molar-refractivity contribution in [1.82, 2.24) is 0 Å². The Morgan fingerprint density at radius 3 is 1.28 bits per heavy atom. The fourth-order valence-electron chi connectivity index (χ4n) is 2.97. The summed E-state index contributed by atoms with van der Waals surface area (Å²) < 4.78 is 4.05. The van der Waals surface area contributed by atoms with Crippen LogP contribution in [0.2, 0.25) is 0 Å². The van der Waals surface area contributed by atoms with Crippen LogP contribution in [0.5, 0.6) is 0 Å². The molecule has 0 fully saturated rings. The van der Waals surface area contributed by atoms with E-state index >= 15 is 0 Å². The fourth-order valence-corrected chi connectivity index (χ4v) is 2.97. The Balaban J connectivity index is 0. The van der Waals surface area contributed by atoms with Crippen LogP contribution in [0.1, 0.15) is 116 Å². The first-order valence-electron chi connectivity index (χ1n) is 10.1. The van der Waals surface area contributed by atoms with Crippen molar-refractivity contribution in [3.63, 3.8) is 0 Å². The molecule has 0 amide bonds. The van der Waals surface area contributed by atoms with Gasteiger partial charge >= 0.3 is 49.9 Å². The number of esters is 1. The van der Waals surface area contributed by atoms with Crippen molar-refractivity contribution < 1.29 is 19.4 Å². The number of carbonyl (C=O) groups is 2. The molecule has 146 valence electrons. The van der Waals surface area contributed by atoms with Crippen molar-refractivity contribution >= 4 is 49.9 Å². The third kappa shape index (κ3) is 24.2. The molecular weight excluding hydrogens is 344 g/mol. The van der Waals surface area contributed by atoms with Crippen LogP contribution in [0.3, 0.4) is 0 Å². The minimum atomic E-state index is -1.50. The fraction of sp³-hybridized carbons (Fsp3) is 0.900. The van der Waals surface area contributed by atoms with Crippen LogP contribution in [-0.4, -0.2) is 55.0 Å². The molecular formula is C20H40CaO4. The molecule has 1 N–H and O–H groups in total. The standard InChI is InChI=1S/C20H38O4.Ca.2H/c1-2-3-4-5-6-7-8-9-10-11-12-13-14-15-16-17-18-19(21)24-20(22)23;;;/h2-18H2,1H3,(H,22,23);;;. The van der Waals surface area contributed by atoms with Gasteiger partial charge in [-0.25, -0.2) is 4.79 Å². The first kappa shape index (κ1) is 27.4. The molecule has 0 aliphatic rings. The predicted molar refractivity (Wildman–Crippen MR) is 107 cm³/mol. The van der Waals surface area contributed by atoms with Gasteiger partial charge in [0, 0.05) is 6.42 Å². The molecule has 0 aliphatic heterocycles. The monoisotopic (exact) mass is 384 g/mol. The summed E-state index contributed by atoms with van der Waals surface area (Å²) >= 11 is 0. The van der Waals surface area contributed by atoms with Gasteiger partial charge in [-0.05, 0) is 6.42 Å². The van der Waals surface area contributed by atoms with Gasteiger partial charge in [0.2, 0.25) is 0 Å². The van der Waals surface area contributed by atoms with E-state index in [-0.39, 0.29) is 44.2 Å². The van der Waals surface area contributed by atoms with E-state index in [4.69, 9.17) is 5.11 Å². The van der Waals surface area contributed by atoms with Crippen LogP contribution in [-0.2, 0) is 9.53 Å². The molecule has 0 aromatic heterocycles. The molecule has 0 bridgehead atoms. The quantitative estimate of drug-likeness (QED) is 0.146. The van der Waals surface area contributed by atoms with E-state index in [9.17, 15) is 9.59 Å². The Bertz CT molecular complexity index is 308. The summed E-state index contributed by atoms with van der Waals surface area (Å²) in [5.74, 6) is -0.632. The summed E-state index contributed by atoms with van der Waals surface area (Å²) in [6.07, 6.45) is 19.2. The van der Waals surface area contributed by atoms with Gasteiger partial charge in [-0.1, -0.05) is 103 Å². The van der Waals surface area contributed by atoms with Crippen LogP contribution < -0.4 is 0 Å². The average Bonchev–Trinajstić information content (AvgIpc) is 2.53. The zero-order valence-electron chi connectivity index (χ0n) is 15.7. The number of carbonyl (C=O) groups excluding carboxylic acids is 1. The average molecular weight is 385 g/mol. The number of hydrogen-bond donors (Lipinski definition) is 1. The molecule has 0 aromatic carbocycles. The zero-order chi connectivity index (χ0) is 17.9. The van der Waals surface area contributed by atoms with Gasteiger partial charge in [-0.3, -0.25) is 4.79 Å². The second kappa shape index (κ2) is 22.2. The minimum absolute atomic E-state index is 0. The van der Waals surface area contributed by atoms with E-state index in [0.29, 0.717) is 0 Å². The Kier molecular flexibility index (Phi) is 24.4. The summed E-state index contributed by atoms with van der Waals surface area (Å²) in [7, 11) is 0. The summed E-state index contributed by atoms with van der Waals surface area (Å²) in [4.78, 5) is 21.1. The molecule has 0 saturated carbocycles. The van der Waals surface area contributed by atoms with Gasteiger partial charge in [0.15, 0.2) is 0 Å². The molecule has 0 heterocycles. The first-order valence-corrected chi connectivity index (χ1v) is 10.1. The van der Waals surface area contributed by atoms with Crippen LogP contribution in [0.4, 0.5) is 4.79 Å². The van der Waals surface area contributed by atoms with E-state index in [1.54, 1.807) is 0 Å². The van der Waals surface area contributed by atoms with E-state index in [0.717, 1.165) is 19.3 Å². The van der Waals surface area contributed by atoms with Crippen molar-refractivity contribution in [2.75, 3.05) is 0 Å². The van der Waals surface area contributed by atoms with Crippen molar-refractivity contribution in [3.8, 4) is 0 Å². The number of ether oxygens (including phenoxy) is 1. The topological polar surface area (TPSA) is 63.6 Å². The second-order valence-electron chi connectivity index (χ2n) is 6.79. The Hall–Kier alpha value is 0.200. The van der Waals surface area contributed by atoms with Crippen molar-refractivity contribution in [2.24, 2.45) is 0 Å². The zero-order valence-corrected chi connectivity index (χ0v) is 15.7. The van der Waals surface area contributed by atoms with Gasteiger partial charge in [0.1, 0.15) is 0 Å². The SMILES string of the molecule is CCCCCCCCCCCCCCCCCCC(=O)OC(=O)O.[CaH2]. The van der Waals surface area contributed by atoms with Crippen LogP contribution >= 0.6 is 0 Å². The first-order chi connectivity index (χ1) is 11.7. The number of carboxylic acid groups (broad SMARTS) is 1. The third-order valence-electron chi connectivity index (χ3n) is 4.44. The Morgan fingerprint density at radius 1 is 0.640 bits per heavy atom. The second-order valence-corrected chi connectivity index (χ2v) is 6.79. The molecule has 5 heteroatoms. The van der Waals surface area contributed by atoms with Gasteiger partial charge in [-0.15, -0.1) is 0 Å². The molecule has 0 rings (SSSR count). The Labute approximate surface area is 184 Å². The van der Waals surface area contributed by atoms with Crippen molar-refractivity contribution in [1.29, 1.82) is 0 Å². The molecule has 0 saturated heterocycles. The number of unbranched alkanes of at least 4 members (excludes halogenated alkanes) is 15. The Morgan fingerprint density at radius 2 is 0.960 bits per heavy atom. The maximum absolute atomic E-state index is 11.0. The molecule has 4 nitrogen and oxygen atoms in total. The van der Waals surface area contributed by atoms with Gasteiger partial charge < -0.3 is 9.84 Å². The molecule has 0 aromatic rings. The normalized spacial score (nSPS) is 10.3. The number of rotatable bonds is 17. The van der Waals surface area contributed by atoms with E-state index < -0.39 is 12.1 Å². The van der Waals surface area contributed by atoms with Gasteiger partial charge in [-0.2, -0.15) is 0 Å². The molecule has 0 spiro atoms. The van der Waals surface area contributed by atoms with Crippen LogP contribution in [0.15, 0.2) is 0 Å². The van der Waals surface area contributed by atoms with E-state index in [1.165, 1.54) is 83.5 Å². The van der Waals surface area contributed by atoms with Gasteiger partial charge in [0.25, 0.3) is 0 Å². The molecule has 0 aliphatic carbocycles. The van der Waals surface area contributed by atoms with Crippen molar-refractivity contribution in [2.45, 2.75) is 116 Å². The molecule has 0 atom stereocenters. The van der Waals surface area contributed by atoms with Crippen LogP contribution in [0.25, 0.3) is 0 Å². The summed E-state index contributed by atoms with van der Waals surface area (Å²) in [5, 5.41) is 8.28. The van der Waals surface area contributed by atoms with Crippen molar-refractivity contribution in [3.05, 3.63) is 0 Å². The number of hydrogen-bond acceptors (Lipinski definition) is 3. The predicted octanol–water partition coefficient (Wildman–Crippen LogP) is 5.94. The van der Waals surface area contributed by atoms with E-state index in [2.05, 4.69) is 11.7 Å². The van der Waals surface area contributed by atoms with E-state index in [1.807, 2.05) is 0 Å². The molecule has 0 radical (unpaired) electrons. The summed E-state index contributed by atoms with van der Waals surface area (Å²) in [6, 6.07) is 0. The third-order valence-corrected chi connectivity index (χ3v) is 4.44. The van der Waals surface area contributed by atoms with Gasteiger partial charge in [0.05, 0.1) is 0 Å². The maximum atomic E-state index is 11.0. The summed E-state index contributed by atoms with van der Waals surface area (Å²) in [5.41, 5.74) is 0. The molecule has 0 unspecified atom stereocenters. The van der Waals surface area contributed by atoms with Crippen LogP contribution in [0, 0.1) is 0 Å².